The van der Waals surface area contributed by atoms with Crippen LogP contribution in [0.15, 0.2) is 48.8 Å². The fourth-order valence-electron chi connectivity index (χ4n) is 1.74. The minimum absolute atomic E-state index is 0.111. The lowest BCUT2D eigenvalue weighted by atomic mass is 10.2. The third-order valence-corrected chi connectivity index (χ3v) is 2.86. The number of methoxy groups -OCH3 is 1. The molecule has 5 heteroatoms. The SMILES string of the molecule is COc1ccc(OC[C@@H](C)NC(=O)c2cccnc2)cc1. The molecule has 0 bridgehead atoms. The van der Waals surface area contributed by atoms with Crippen molar-refractivity contribution < 1.29 is 14.3 Å². The molecule has 0 spiro atoms. The van der Waals surface area contributed by atoms with Crippen LogP contribution >= 0.6 is 0 Å². The second kappa shape index (κ2) is 7.28. The van der Waals surface area contributed by atoms with E-state index in [2.05, 4.69) is 10.3 Å². The summed E-state index contributed by atoms with van der Waals surface area (Å²) in [6.45, 7) is 2.27. The summed E-state index contributed by atoms with van der Waals surface area (Å²) in [7, 11) is 1.62. The van der Waals surface area contributed by atoms with E-state index in [1.807, 2.05) is 31.2 Å². The number of carbonyl (C=O) groups excluding carboxylic acids is 1. The molecule has 0 saturated heterocycles. The molecule has 0 fully saturated rings. The fourth-order valence-corrected chi connectivity index (χ4v) is 1.74. The molecule has 1 atom stereocenters. The van der Waals surface area contributed by atoms with E-state index in [1.54, 1.807) is 25.4 Å². The number of hydrogen-bond donors (Lipinski definition) is 1. The van der Waals surface area contributed by atoms with Gasteiger partial charge in [-0.05, 0) is 43.3 Å². The summed E-state index contributed by atoms with van der Waals surface area (Å²) in [5.41, 5.74) is 0.536. The monoisotopic (exact) mass is 286 g/mol. The molecular weight excluding hydrogens is 268 g/mol. The number of amides is 1. The van der Waals surface area contributed by atoms with Crippen LogP contribution < -0.4 is 14.8 Å². The topological polar surface area (TPSA) is 60.5 Å². The first-order chi connectivity index (χ1) is 10.2. The molecule has 1 aromatic carbocycles. The van der Waals surface area contributed by atoms with Crippen molar-refractivity contribution in [3.63, 3.8) is 0 Å². The molecule has 2 aromatic rings. The van der Waals surface area contributed by atoms with Gasteiger partial charge in [-0.1, -0.05) is 0 Å². The normalized spacial score (nSPS) is 11.5. The number of aromatic nitrogens is 1. The molecular formula is C16H18N2O3. The summed E-state index contributed by atoms with van der Waals surface area (Å²) < 4.78 is 10.7. The second-order valence-electron chi connectivity index (χ2n) is 4.60. The van der Waals surface area contributed by atoms with E-state index in [4.69, 9.17) is 9.47 Å². The van der Waals surface area contributed by atoms with Crippen LogP contribution in [-0.2, 0) is 0 Å². The Kier molecular flexibility index (Phi) is 5.15. The summed E-state index contributed by atoms with van der Waals surface area (Å²) in [6, 6.07) is 10.7. The molecule has 21 heavy (non-hydrogen) atoms. The Morgan fingerprint density at radius 1 is 1.24 bits per heavy atom. The first-order valence-corrected chi connectivity index (χ1v) is 6.67. The van der Waals surface area contributed by atoms with Crippen LogP contribution in [-0.4, -0.2) is 30.6 Å². The van der Waals surface area contributed by atoms with Crippen LogP contribution in [0.3, 0.4) is 0 Å². The van der Waals surface area contributed by atoms with E-state index in [0.29, 0.717) is 12.2 Å². The zero-order valence-electron chi connectivity index (χ0n) is 12.1. The Hall–Kier alpha value is -2.56. The number of pyridine rings is 1. The van der Waals surface area contributed by atoms with Crippen molar-refractivity contribution in [1.82, 2.24) is 10.3 Å². The van der Waals surface area contributed by atoms with Crippen LogP contribution in [0.4, 0.5) is 0 Å². The van der Waals surface area contributed by atoms with E-state index >= 15 is 0 Å². The van der Waals surface area contributed by atoms with E-state index in [1.165, 1.54) is 6.20 Å². The van der Waals surface area contributed by atoms with Gasteiger partial charge in [-0.15, -0.1) is 0 Å². The second-order valence-corrected chi connectivity index (χ2v) is 4.60. The quantitative estimate of drug-likeness (QED) is 0.885. The lowest BCUT2D eigenvalue weighted by molar-refractivity contribution is 0.0926. The van der Waals surface area contributed by atoms with Gasteiger partial charge in [-0.3, -0.25) is 9.78 Å². The zero-order chi connectivity index (χ0) is 15.1. The molecule has 0 aliphatic heterocycles. The van der Waals surface area contributed by atoms with Crippen molar-refractivity contribution in [2.75, 3.05) is 13.7 Å². The number of ether oxygens (including phenoxy) is 2. The van der Waals surface area contributed by atoms with E-state index in [0.717, 1.165) is 11.5 Å². The summed E-state index contributed by atoms with van der Waals surface area (Å²) in [6.07, 6.45) is 3.17. The Morgan fingerprint density at radius 2 is 1.95 bits per heavy atom. The highest BCUT2D eigenvalue weighted by atomic mass is 16.5. The van der Waals surface area contributed by atoms with Crippen molar-refractivity contribution in [3.05, 3.63) is 54.4 Å². The molecule has 0 unspecified atom stereocenters. The zero-order valence-corrected chi connectivity index (χ0v) is 12.1. The van der Waals surface area contributed by atoms with Crippen LogP contribution in [0.25, 0.3) is 0 Å². The van der Waals surface area contributed by atoms with Gasteiger partial charge in [0.05, 0.1) is 18.7 Å². The molecule has 1 amide bonds. The summed E-state index contributed by atoms with van der Waals surface area (Å²) >= 11 is 0. The fraction of sp³-hybridized carbons (Fsp3) is 0.250. The maximum atomic E-state index is 11.9. The molecule has 0 aliphatic carbocycles. The van der Waals surface area contributed by atoms with Gasteiger partial charge in [0.1, 0.15) is 18.1 Å². The smallest absolute Gasteiger partial charge is 0.253 e. The molecule has 1 heterocycles. The van der Waals surface area contributed by atoms with Crippen LogP contribution in [0, 0.1) is 0 Å². The lowest BCUT2D eigenvalue weighted by Crippen LogP contribution is -2.36. The third kappa shape index (κ3) is 4.49. The molecule has 2 rings (SSSR count). The molecule has 1 N–H and O–H groups in total. The predicted octanol–water partition coefficient (Wildman–Crippen LogP) is 2.29. The summed E-state index contributed by atoms with van der Waals surface area (Å²) in [5.74, 6) is 1.35. The summed E-state index contributed by atoms with van der Waals surface area (Å²) in [5, 5.41) is 2.86. The molecule has 5 nitrogen and oxygen atoms in total. The maximum Gasteiger partial charge on any atom is 0.253 e. The largest absolute Gasteiger partial charge is 0.497 e. The first-order valence-electron chi connectivity index (χ1n) is 6.67. The van der Waals surface area contributed by atoms with Gasteiger partial charge in [0.25, 0.3) is 5.91 Å². The van der Waals surface area contributed by atoms with E-state index < -0.39 is 0 Å². The van der Waals surface area contributed by atoms with Gasteiger partial charge in [0.15, 0.2) is 0 Å². The van der Waals surface area contributed by atoms with Crippen LogP contribution in [0.5, 0.6) is 11.5 Å². The van der Waals surface area contributed by atoms with Crippen LogP contribution in [0.1, 0.15) is 17.3 Å². The van der Waals surface area contributed by atoms with Crippen molar-refractivity contribution >= 4 is 5.91 Å². The lowest BCUT2D eigenvalue weighted by Gasteiger charge is -2.15. The van der Waals surface area contributed by atoms with Gasteiger partial charge in [0.2, 0.25) is 0 Å². The summed E-state index contributed by atoms with van der Waals surface area (Å²) in [4.78, 5) is 15.8. The van der Waals surface area contributed by atoms with Gasteiger partial charge < -0.3 is 14.8 Å². The maximum absolute atomic E-state index is 11.9. The Morgan fingerprint density at radius 3 is 2.57 bits per heavy atom. The van der Waals surface area contributed by atoms with Gasteiger partial charge in [-0.2, -0.15) is 0 Å². The van der Waals surface area contributed by atoms with E-state index in [-0.39, 0.29) is 11.9 Å². The highest BCUT2D eigenvalue weighted by Gasteiger charge is 2.10. The number of rotatable bonds is 6. The first kappa shape index (κ1) is 14.8. The van der Waals surface area contributed by atoms with Crippen molar-refractivity contribution in [1.29, 1.82) is 0 Å². The minimum Gasteiger partial charge on any atom is -0.497 e. The standard InChI is InChI=1S/C16H18N2O3/c1-12(18-16(19)13-4-3-9-17-10-13)11-21-15-7-5-14(20-2)6-8-15/h3-10,12H,11H2,1-2H3,(H,18,19)/t12-/m1/s1. The van der Waals surface area contributed by atoms with Crippen molar-refractivity contribution in [2.24, 2.45) is 0 Å². The predicted molar refractivity (Wildman–Crippen MR) is 79.7 cm³/mol. The third-order valence-electron chi connectivity index (χ3n) is 2.86. The minimum atomic E-state index is -0.158. The average molecular weight is 286 g/mol. The Bertz CT molecular complexity index is 570. The molecule has 1 aromatic heterocycles. The number of nitrogens with zero attached hydrogens (tertiary/aromatic N) is 1. The number of hydrogen-bond acceptors (Lipinski definition) is 4. The molecule has 110 valence electrons. The number of carbonyl (C=O) groups is 1. The highest BCUT2D eigenvalue weighted by Crippen LogP contribution is 2.17. The molecule has 0 aliphatic rings. The van der Waals surface area contributed by atoms with Crippen molar-refractivity contribution in [2.45, 2.75) is 13.0 Å². The van der Waals surface area contributed by atoms with Crippen molar-refractivity contribution in [3.8, 4) is 11.5 Å². The molecule has 0 radical (unpaired) electrons. The van der Waals surface area contributed by atoms with Crippen LogP contribution in [0.2, 0.25) is 0 Å². The number of benzene rings is 1. The number of nitrogens with one attached hydrogen (secondary N) is 1. The van der Waals surface area contributed by atoms with Gasteiger partial charge >= 0.3 is 0 Å². The molecule has 0 saturated carbocycles. The highest BCUT2D eigenvalue weighted by molar-refractivity contribution is 5.93. The Balaban J connectivity index is 1.81. The Labute approximate surface area is 123 Å². The van der Waals surface area contributed by atoms with Gasteiger partial charge in [0, 0.05) is 12.4 Å². The van der Waals surface area contributed by atoms with Gasteiger partial charge in [-0.25, -0.2) is 0 Å². The average Bonchev–Trinajstić information content (AvgIpc) is 2.54. The van der Waals surface area contributed by atoms with E-state index in [9.17, 15) is 4.79 Å².